The molecule has 0 aliphatic carbocycles. The van der Waals surface area contributed by atoms with Gasteiger partial charge in [-0.2, -0.15) is 0 Å². The molecule has 1 aromatic rings. The maximum atomic E-state index is 11.0. The molecule has 0 radical (unpaired) electrons. The van der Waals surface area contributed by atoms with Gasteiger partial charge in [0.1, 0.15) is 0 Å². The first kappa shape index (κ1) is 11.1. The largest absolute Gasteiger partial charge is 1.00 e. The van der Waals surface area contributed by atoms with E-state index < -0.39 is 0 Å². The summed E-state index contributed by atoms with van der Waals surface area (Å²) in [5.41, 5.74) is 0.981. The maximum Gasteiger partial charge on any atom is 1.00 e. The Morgan fingerprint density at radius 2 is 1.33 bits per heavy atom. The molecule has 0 saturated carbocycles. The number of rotatable bonds is 0. The van der Waals surface area contributed by atoms with Crippen molar-refractivity contribution < 1.29 is 78.5 Å². The predicted octanol–water partition coefficient (Wildman–Crippen LogP) is -1.07. The van der Waals surface area contributed by atoms with Crippen molar-refractivity contribution in [1.82, 2.24) is 0 Å². The summed E-state index contributed by atoms with van der Waals surface area (Å²) in [5.74, 6) is 0. The van der Waals surface area contributed by atoms with E-state index in [0.29, 0.717) is 19.7 Å². The van der Waals surface area contributed by atoms with Crippen LogP contribution in [-0.4, -0.2) is 11.0 Å². The second-order valence-electron chi connectivity index (χ2n) is 2.27. The fraction of sp³-hybridized carbons (Fsp3) is 0. The summed E-state index contributed by atoms with van der Waals surface area (Å²) in [6, 6.07) is 6.92. The molecule has 0 atom stereocenters. The third-order valence-corrected chi connectivity index (χ3v) is 2.48. The first-order valence-electron chi connectivity index (χ1n) is 3.18. The van der Waals surface area contributed by atoms with Crippen molar-refractivity contribution in [2.24, 2.45) is 0 Å². The minimum absolute atomic E-state index is 0. The van der Waals surface area contributed by atoms with Crippen LogP contribution >= 0.6 is 8.58 Å². The molecule has 2 rings (SSSR count). The minimum atomic E-state index is -0.0781. The zero-order valence-electron chi connectivity index (χ0n) is 6.57. The van der Waals surface area contributed by atoms with E-state index in [0.717, 1.165) is 0 Å². The number of carbonyl (C=O) groups excluding carboxylic acids is 2. The van der Waals surface area contributed by atoms with E-state index in [9.17, 15) is 9.59 Å². The van der Waals surface area contributed by atoms with Crippen LogP contribution < -0.4 is 68.9 Å². The molecule has 1 heterocycles. The molecule has 1 aliphatic rings. The molecular formula is C8H4CsO2P. The second kappa shape index (κ2) is 4.51. The molecule has 0 saturated heterocycles. The van der Waals surface area contributed by atoms with Crippen LogP contribution in [0.25, 0.3) is 0 Å². The van der Waals surface area contributed by atoms with Gasteiger partial charge in [0.2, 0.25) is 0 Å². The van der Waals surface area contributed by atoms with Gasteiger partial charge in [0.25, 0.3) is 0 Å². The summed E-state index contributed by atoms with van der Waals surface area (Å²) in [5, 5.41) is 0. The van der Waals surface area contributed by atoms with E-state index in [4.69, 9.17) is 0 Å². The average Bonchev–Trinajstić information content (AvgIpc) is 2.30. The number of fused-ring (bicyclic) bond motifs is 1. The van der Waals surface area contributed by atoms with Crippen LogP contribution in [0.1, 0.15) is 20.7 Å². The molecule has 0 amide bonds. The summed E-state index contributed by atoms with van der Waals surface area (Å²) < 4.78 is 0. The zero-order chi connectivity index (χ0) is 7.84. The van der Waals surface area contributed by atoms with Gasteiger partial charge in [-0.3, -0.25) is 0 Å². The Labute approximate surface area is 131 Å². The molecule has 1 aromatic carbocycles. The van der Waals surface area contributed by atoms with Gasteiger partial charge in [0.05, 0.1) is 0 Å². The van der Waals surface area contributed by atoms with Crippen molar-refractivity contribution in [3.8, 4) is 0 Å². The van der Waals surface area contributed by atoms with E-state index in [1.807, 2.05) is 0 Å². The number of hydrogen-bond donors (Lipinski definition) is 0. The molecule has 0 N–H and O–H groups in total. The Morgan fingerprint density at radius 1 is 0.917 bits per heavy atom. The summed E-state index contributed by atoms with van der Waals surface area (Å²) in [7, 11) is 0.294. The Morgan fingerprint density at radius 3 is 1.75 bits per heavy atom. The summed E-state index contributed by atoms with van der Waals surface area (Å²) in [6.45, 7) is 0. The Hall–Kier alpha value is 1.04. The number of benzene rings is 1. The zero-order valence-corrected chi connectivity index (χ0v) is 13.7. The molecule has 12 heavy (non-hydrogen) atoms. The summed E-state index contributed by atoms with van der Waals surface area (Å²) >= 11 is 0. The van der Waals surface area contributed by atoms with E-state index in [1.165, 1.54) is 0 Å². The Bertz CT molecular complexity index is 316. The van der Waals surface area contributed by atoms with Crippen LogP contribution in [0.3, 0.4) is 0 Å². The van der Waals surface area contributed by atoms with Gasteiger partial charge in [0.15, 0.2) is 0 Å². The van der Waals surface area contributed by atoms with E-state index in [2.05, 4.69) is 0 Å². The van der Waals surface area contributed by atoms with Gasteiger partial charge in [0, 0.05) is 11.0 Å². The van der Waals surface area contributed by atoms with Gasteiger partial charge >= 0.3 is 68.9 Å². The molecule has 1 aliphatic heterocycles. The predicted molar refractivity (Wildman–Crippen MR) is 42.0 cm³/mol. The quantitative estimate of drug-likeness (QED) is 0.571. The normalized spacial score (nSPS) is 14.0. The van der Waals surface area contributed by atoms with E-state index in [1.54, 1.807) is 24.3 Å². The van der Waals surface area contributed by atoms with Crippen molar-refractivity contribution in [3.63, 3.8) is 0 Å². The van der Waals surface area contributed by atoms with Crippen LogP contribution in [-0.2, 0) is 0 Å². The maximum absolute atomic E-state index is 11.0. The molecule has 0 fully saturated rings. The van der Waals surface area contributed by atoms with Crippen LogP contribution in [0.2, 0.25) is 0 Å². The van der Waals surface area contributed by atoms with Crippen molar-refractivity contribution >= 4 is 19.6 Å². The SMILES string of the molecule is O=C1[P-]C(=O)c2ccccc21.[Cs+]. The van der Waals surface area contributed by atoms with Gasteiger partial charge in [-0.05, 0) is 11.1 Å². The van der Waals surface area contributed by atoms with Gasteiger partial charge < -0.3 is 18.2 Å². The molecule has 54 valence electrons. The monoisotopic (exact) mass is 296 g/mol. The molecule has 0 spiro atoms. The molecule has 0 unspecified atom stereocenters. The molecule has 2 nitrogen and oxygen atoms in total. The topological polar surface area (TPSA) is 34.1 Å². The Kier molecular flexibility index (Phi) is 4.18. The van der Waals surface area contributed by atoms with Gasteiger partial charge in [-0.25, -0.2) is 0 Å². The fourth-order valence-electron chi connectivity index (χ4n) is 1.07. The third kappa shape index (κ3) is 1.93. The van der Waals surface area contributed by atoms with Crippen LogP contribution in [0.4, 0.5) is 0 Å². The molecule has 4 heteroatoms. The van der Waals surface area contributed by atoms with E-state index in [-0.39, 0.29) is 79.9 Å². The van der Waals surface area contributed by atoms with E-state index >= 15 is 0 Å². The van der Waals surface area contributed by atoms with Crippen LogP contribution in [0.5, 0.6) is 0 Å². The molecule has 0 bridgehead atoms. The fourth-order valence-corrected chi connectivity index (χ4v) is 1.88. The molecular weight excluding hydrogens is 292 g/mol. The van der Waals surface area contributed by atoms with Crippen molar-refractivity contribution in [2.75, 3.05) is 0 Å². The van der Waals surface area contributed by atoms with Crippen molar-refractivity contribution in [1.29, 1.82) is 0 Å². The van der Waals surface area contributed by atoms with Crippen LogP contribution in [0, 0.1) is 0 Å². The Balaban J connectivity index is 0.000000720. The first-order valence-corrected chi connectivity index (χ1v) is 4.08. The summed E-state index contributed by atoms with van der Waals surface area (Å²) in [4.78, 5) is 22.1. The van der Waals surface area contributed by atoms with Gasteiger partial charge in [-0.15, -0.1) is 0 Å². The molecule has 0 aromatic heterocycles. The van der Waals surface area contributed by atoms with Crippen molar-refractivity contribution in [2.45, 2.75) is 0 Å². The smallest absolute Gasteiger partial charge is 0.380 e. The average molecular weight is 296 g/mol. The van der Waals surface area contributed by atoms with Gasteiger partial charge in [-0.1, -0.05) is 24.3 Å². The first-order chi connectivity index (χ1) is 5.29. The van der Waals surface area contributed by atoms with Crippen LogP contribution in [0.15, 0.2) is 24.3 Å². The number of carbonyl (C=O) groups is 2. The standard InChI is InChI=1S/C8H4O2P.Cs/c9-7-5-3-1-2-4-6(5)8(10)11-7;/h1-4H;/q-1;+1. The summed E-state index contributed by atoms with van der Waals surface area (Å²) in [6.07, 6.45) is 0. The second-order valence-corrected chi connectivity index (χ2v) is 3.30. The van der Waals surface area contributed by atoms with Crippen molar-refractivity contribution in [3.05, 3.63) is 35.4 Å². The number of hydrogen-bond acceptors (Lipinski definition) is 2. The minimum Gasteiger partial charge on any atom is -0.380 e. The third-order valence-electron chi connectivity index (χ3n) is 1.59.